The molecule has 2 aliphatic rings. The molecule has 4 nitrogen and oxygen atoms in total. The number of likely N-dealkylation sites (tertiary alicyclic amines) is 2. The van der Waals surface area contributed by atoms with E-state index < -0.39 is 5.54 Å². The van der Waals surface area contributed by atoms with Gasteiger partial charge in [-0.3, -0.25) is 0 Å². The molecule has 0 bridgehead atoms. The molecule has 0 aromatic carbocycles. The van der Waals surface area contributed by atoms with Gasteiger partial charge in [0, 0.05) is 18.6 Å². The maximum atomic E-state index is 9.21. The maximum Gasteiger partial charge on any atom is 0.0621 e. The van der Waals surface area contributed by atoms with Gasteiger partial charge in [0.25, 0.3) is 0 Å². The van der Waals surface area contributed by atoms with Crippen molar-refractivity contribution in [1.29, 1.82) is 0 Å². The first-order valence-electron chi connectivity index (χ1n) is 7.43. The van der Waals surface area contributed by atoms with Crippen LogP contribution in [0.2, 0.25) is 0 Å². The molecule has 3 N–H and O–H groups in total. The fraction of sp³-hybridized carbons (Fsp3) is 1.00. The molecular weight excluding hydrogens is 226 g/mol. The molecule has 4 heteroatoms. The van der Waals surface area contributed by atoms with Crippen LogP contribution in [0.15, 0.2) is 0 Å². The quantitative estimate of drug-likeness (QED) is 0.751. The Hall–Kier alpha value is -0.160. The molecule has 0 amide bonds. The highest BCUT2D eigenvalue weighted by molar-refractivity contribution is 4.85. The predicted molar refractivity (Wildman–Crippen MR) is 74.5 cm³/mol. The summed E-state index contributed by atoms with van der Waals surface area (Å²) in [6.45, 7) is 9.03. The van der Waals surface area contributed by atoms with Crippen LogP contribution in [0, 0.1) is 5.92 Å². The zero-order valence-corrected chi connectivity index (χ0v) is 11.8. The Morgan fingerprint density at radius 2 is 1.72 bits per heavy atom. The van der Waals surface area contributed by atoms with Crippen molar-refractivity contribution in [3.8, 4) is 0 Å². The van der Waals surface area contributed by atoms with Crippen LogP contribution in [0.5, 0.6) is 0 Å². The molecule has 0 saturated carbocycles. The first-order chi connectivity index (χ1) is 8.59. The average molecular weight is 255 g/mol. The Kier molecular flexibility index (Phi) is 5.01. The second-order valence-corrected chi connectivity index (χ2v) is 6.54. The molecule has 2 aliphatic heterocycles. The van der Waals surface area contributed by atoms with Gasteiger partial charge in [-0.25, -0.2) is 0 Å². The molecule has 2 rings (SSSR count). The van der Waals surface area contributed by atoms with Gasteiger partial charge in [0.2, 0.25) is 0 Å². The Morgan fingerprint density at radius 1 is 1.11 bits per heavy atom. The summed E-state index contributed by atoms with van der Waals surface area (Å²) in [6.07, 6.45) is 5.36. The number of hydrogen-bond acceptors (Lipinski definition) is 4. The van der Waals surface area contributed by atoms with Crippen molar-refractivity contribution >= 4 is 0 Å². The second kappa shape index (κ2) is 6.33. The van der Waals surface area contributed by atoms with Gasteiger partial charge >= 0.3 is 0 Å². The van der Waals surface area contributed by atoms with E-state index in [1.807, 2.05) is 6.92 Å². The minimum Gasteiger partial charge on any atom is -0.394 e. The molecule has 2 saturated heterocycles. The second-order valence-electron chi connectivity index (χ2n) is 6.54. The maximum absolute atomic E-state index is 9.21. The van der Waals surface area contributed by atoms with E-state index in [-0.39, 0.29) is 6.61 Å². The summed E-state index contributed by atoms with van der Waals surface area (Å²) in [5.74, 6) is 0.873. The summed E-state index contributed by atoms with van der Waals surface area (Å²) in [5, 5.41) is 9.21. The zero-order valence-electron chi connectivity index (χ0n) is 11.8. The number of nitrogens with two attached hydrogens (primary N) is 1. The van der Waals surface area contributed by atoms with Crippen LogP contribution in [0.1, 0.15) is 32.6 Å². The number of piperidine rings is 1. The minimum atomic E-state index is -0.443. The lowest BCUT2D eigenvalue weighted by molar-refractivity contribution is 0.107. The molecule has 0 spiro atoms. The van der Waals surface area contributed by atoms with Crippen LogP contribution in [-0.4, -0.2) is 66.3 Å². The zero-order chi connectivity index (χ0) is 13.0. The van der Waals surface area contributed by atoms with Crippen molar-refractivity contribution in [2.75, 3.05) is 45.9 Å². The highest BCUT2D eigenvalue weighted by Gasteiger charge is 2.26. The third-order valence-electron chi connectivity index (χ3n) is 4.37. The molecular formula is C14H29N3O. The van der Waals surface area contributed by atoms with Gasteiger partial charge in [-0.2, -0.15) is 0 Å². The molecule has 0 aromatic heterocycles. The third kappa shape index (κ3) is 4.19. The van der Waals surface area contributed by atoms with E-state index in [0.717, 1.165) is 25.6 Å². The SMILES string of the molecule is CC(N)(CO)CN1CCC(CN2CCCC2)CC1. The molecule has 1 unspecified atom stereocenters. The van der Waals surface area contributed by atoms with Crippen molar-refractivity contribution in [1.82, 2.24) is 9.80 Å². The van der Waals surface area contributed by atoms with Gasteiger partial charge in [-0.15, -0.1) is 0 Å². The Labute approximate surface area is 111 Å². The lowest BCUT2D eigenvalue weighted by atomic mass is 9.94. The summed E-state index contributed by atoms with van der Waals surface area (Å²) in [7, 11) is 0. The van der Waals surface area contributed by atoms with Gasteiger partial charge in [-0.05, 0) is 64.7 Å². The summed E-state index contributed by atoms with van der Waals surface area (Å²) in [4.78, 5) is 5.04. The Morgan fingerprint density at radius 3 is 2.28 bits per heavy atom. The number of nitrogens with zero attached hydrogens (tertiary/aromatic N) is 2. The summed E-state index contributed by atoms with van der Waals surface area (Å²) < 4.78 is 0. The fourth-order valence-corrected chi connectivity index (χ4v) is 3.22. The minimum absolute atomic E-state index is 0.0701. The molecule has 18 heavy (non-hydrogen) atoms. The topological polar surface area (TPSA) is 52.7 Å². The first-order valence-corrected chi connectivity index (χ1v) is 7.43. The van der Waals surface area contributed by atoms with Crippen LogP contribution >= 0.6 is 0 Å². The molecule has 0 radical (unpaired) electrons. The smallest absolute Gasteiger partial charge is 0.0621 e. The number of aliphatic hydroxyl groups is 1. The van der Waals surface area contributed by atoms with Gasteiger partial charge in [-0.1, -0.05) is 0 Å². The van der Waals surface area contributed by atoms with Crippen LogP contribution in [-0.2, 0) is 0 Å². The Bertz CT molecular complexity index is 243. The van der Waals surface area contributed by atoms with Gasteiger partial charge in [0.05, 0.1) is 6.61 Å². The number of rotatable bonds is 5. The molecule has 2 heterocycles. The normalized spacial score (nSPS) is 27.5. The highest BCUT2D eigenvalue weighted by atomic mass is 16.3. The van der Waals surface area contributed by atoms with Crippen LogP contribution in [0.25, 0.3) is 0 Å². The molecule has 2 fully saturated rings. The summed E-state index contributed by atoms with van der Waals surface area (Å²) >= 11 is 0. The molecule has 0 aromatic rings. The number of aliphatic hydroxyl groups excluding tert-OH is 1. The molecule has 0 aliphatic carbocycles. The predicted octanol–water partition coefficient (Wildman–Crippen LogP) is 0.504. The van der Waals surface area contributed by atoms with Crippen LogP contribution in [0.3, 0.4) is 0 Å². The lowest BCUT2D eigenvalue weighted by Crippen LogP contribution is -2.52. The Balaban J connectivity index is 1.67. The van der Waals surface area contributed by atoms with E-state index in [1.165, 1.54) is 45.3 Å². The summed E-state index contributed by atoms with van der Waals surface area (Å²) in [5.41, 5.74) is 5.57. The lowest BCUT2D eigenvalue weighted by Gasteiger charge is -2.37. The van der Waals surface area contributed by atoms with Gasteiger partial charge in [0.1, 0.15) is 0 Å². The molecule has 106 valence electrons. The van der Waals surface area contributed by atoms with Crippen molar-refractivity contribution in [2.24, 2.45) is 11.7 Å². The standard InChI is InChI=1S/C14H29N3O/c1-14(15,12-18)11-17-8-4-13(5-9-17)10-16-6-2-3-7-16/h13,18H,2-12,15H2,1H3. The third-order valence-corrected chi connectivity index (χ3v) is 4.37. The van der Waals surface area contributed by atoms with Crippen LogP contribution < -0.4 is 5.73 Å². The highest BCUT2D eigenvalue weighted by Crippen LogP contribution is 2.21. The average Bonchev–Trinajstić information content (AvgIpc) is 2.84. The van der Waals surface area contributed by atoms with E-state index in [0.29, 0.717) is 0 Å². The summed E-state index contributed by atoms with van der Waals surface area (Å²) in [6, 6.07) is 0. The molecule has 1 atom stereocenters. The van der Waals surface area contributed by atoms with E-state index in [1.54, 1.807) is 0 Å². The van der Waals surface area contributed by atoms with E-state index in [4.69, 9.17) is 5.73 Å². The van der Waals surface area contributed by atoms with Crippen molar-refractivity contribution in [3.63, 3.8) is 0 Å². The van der Waals surface area contributed by atoms with E-state index in [9.17, 15) is 5.11 Å². The van der Waals surface area contributed by atoms with Crippen molar-refractivity contribution in [2.45, 2.75) is 38.1 Å². The fourth-order valence-electron chi connectivity index (χ4n) is 3.22. The largest absolute Gasteiger partial charge is 0.394 e. The van der Waals surface area contributed by atoms with Gasteiger partial charge in [0.15, 0.2) is 0 Å². The van der Waals surface area contributed by atoms with E-state index in [2.05, 4.69) is 9.80 Å². The monoisotopic (exact) mass is 255 g/mol. The van der Waals surface area contributed by atoms with Crippen molar-refractivity contribution in [3.05, 3.63) is 0 Å². The van der Waals surface area contributed by atoms with Crippen molar-refractivity contribution < 1.29 is 5.11 Å². The van der Waals surface area contributed by atoms with Crippen LogP contribution in [0.4, 0.5) is 0 Å². The van der Waals surface area contributed by atoms with E-state index >= 15 is 0 Å². The number of hydrogen-bond donors (Lipinski definition) is 2. The van der Waals surface area contributed by atoms with Gasteiger partial charge < -0.3 is 20.6 Å². The first kappa shape index (κ1) is 14.3.